The Morgan fingerprint density at radius 3 is 2.56 bits per heavy atom. The predicted molar refractivity (Wildman–Crippen MR) is 102 cm³/mol. The van der Waals surface area contributed by atoms with Gasteiger partial charge >= 0.3 is 0 Å². The van der Waals surface area contributed by atoms with E-state index in [2.05, 4.69) is 21.8 Å². The summed E-state index contributed by atoms with van der Waals surface area (Å²) < 4.78 is 24.3. The SMILES string of the molecule is CS(=O)(=O)NC(=O)C1CCN(CC[C@@H](N)CSc2ccccc2)CC1. The summed E-state index contributed by atoms with van der Waals surface area (Å²) >= 11 is 1.77. The molecule has 0 bridgehead atoms. The molecule has 3 N–H and O–H groups in total. The fraction of sp³-hybridized carbons (Fsp3) is 0.588. The number of nitrogens with one attached hydrogen (secondary N) is 1. The van der Waals surface area contributed by atoms with Crippen molar-refractivity contribution in [1.82, 2.24) is 9.62 Å². The third-order valence-corrected chi connectivity index (χ3v) is 6.04. The van der Waals surface area contributed by atoms with Gasteiger partial charge in [0.05, 0.1) is 6.26 Å². The lowest BCUT2D eigenvalue weighted by molar-refractivity contribution is -0.124. The second-order valence-electron chi connectivity index (χ2n) is 6.53. The Bertz CT molecular complexity index is 644. The highest BCUT2D eigenvalue weighted by Crippen LogP contribution is 2.20. The number of thioether (sulfide) groups is 1. The number of carbonyl (C=O) groups excluding carboxylic acids is 1. The van der Waals surface area contributed by atoms with Crippen LogP contribution in [0.1, 0.15) is 19.3 Å². The summed E-state index contributed by atoms with van der Waals surface area (Å²) in [6.07, 6.45) is 3.31. The average Bonchev–Trinajstić information content (AvgIpc) is 2.58. The van der Waals surface area contributed by atoms with Crippen LogP contribution >= 0.6 is 11.8 Å². The van der Waals surface area contributed by atoms with Gasteiger partial charge in [-0.25, -0.2) is 8.42 Å². The van der Waals surface area contributed by atoms with Gasteiger partial charge in [-0.2, -0.15) is 0 Å². The zero-order valence-corrected chi connectivity index (χ0v) is 16.2. The van der Waals surface area contributed by atoms with Crippen LogP contribution in [0.15, 0.2) is 35.2 Å². The smallest absolute Gasteiger partial charge is 0.236 e. The van der Waals surface area contributed by atoms with E-state index in [-0.39, 0.29) is 17.9 Å². The number of benzene rings is 1. The Balaban J connectivity index is 1.64. The van der Waals surface area contributed by atoms with Crippen molar-refractivity contribution in [3.05, 3.63) is 30.3 Å². The van der Waals surface area contributed by atoms with Gasteiger partial charge in [-0.3, -0.25) is 9.52 Å². The molecule has 1 saturated heterocycles. The summed E-state index contributed by atoms with van der Waals surface area (Å²) in [5.74, 6) is 0.295. The molecule has 0 saturated carbocycles. The second kappa shape index (κ2) is 9.56. The van der Waals surface area contributed by atoms with Crippen LogP contribution in [0.25, 0.3) is 0 Å². The summed E-state index contributed by atoms with van der Waals surface area (Å²) in [5, 5.41) is 0. The molecule has 1 fully saturated rings. The van der Waals surface area contributed by atoms with Gasteiger partial charge in [0.15, 0.2) is 0 Å². The van der Waals surface area contributed by atoms with E-state index in [1.807, 2.05) is 18.2 Å². The minimum absolute atomic E-state index is 0.136. The van der Waals surface area contributed by atoms with Gasteiger partial charge in [0, 0.05) is 22.6 Å². The summed E-state index contributed by atoms with van der Waals surface area (Å²) in [6.45, 7) is 2.53. The Kier molecular flexibility index (Phi) is 7.74. The molecular formula is C17H27N3O3S2. The number of likely N-dealkylation sites (tertiary alicyclic amines) is 1. The monoisotopic (exact) mass is 385 g/mol. The molecule has 0 spiro atoms. The molecule has 0 radical (unpaired) electrons. The van der Waals surface area contributed by atoms with Gasteiger partial charge in [0.25, 0.3) is 0 Å². The van der Waals surface area contributed by atoms with Crippen LogP contribution in [0.2, 0.25) is 0 Å². The molecule has 0 aromatic heterocycles. The number of sulfonamides is 1. The molecular weight excluding hydrogens is 358 g/mol. The molecule has 0 unspecified atom stereocenters. The van der Waals surface area contributed by atoms with Crippen molar-refractivity contribution in [2.75, 3.05) is 31.6 Å². The maximum atomic E-state index is 11.9. The number of hydrogen-bond donors (Lipinski definition) is 2. The first-order chi connectivity index (χ1) is 11.8. The maximum absolute atomic E-state index is 11.9. The lowest BCUT2D eigenvalue weighted by Gasteiger charge is -2.31. The van der Waals surface area contributed by atoms with Crippen molar-refractivity contribution in [3.63, 3.8) is 0 Å². The van der Waals surface area contributed by atoms with Crippen LogP contribution in [0, 0.1) is 5.92 Å². The molecule has 1 aromatic rings. The minimum Gasteiger partial charge on any atom is -0.327 e. The molecule has 1 amide bonds. The summed E-state index contributed by atoms with van der Waals surface area (Å²) in [6, 6.07) is 10.4. The number of piperidine rings is 1. The van der Waals surface area contributed by atoms with Gasteiger partial charge in [-0.05, 0) is 51.0 Å². The van der Waals surface area contributed by atoms with Crippen LogP contribution < -0.4 is 10.5 Å². The average molecular weight is 386 g/mol. The minimum atomic E-state index is -3.47. The zero-order valence-electron chi connectivity index (χ0n) is 14.6. The van der Waals surface area contributed by atoms with Gasteiger partial charge in [0.1, 0.15) is 0 Å². The number of nitrogens with two attached hydrogens (primary N) is 1. The van der Waals surface area contributed by atoms with E-state index in [1.165, 1.54) is 4.90 Å². The number of amides is 1. The van der Waals surface area contributed by atoms with Crippen molar-refractivity contribution in [3.8, 4) is 0 Å². The molecule has 1 aliphatic heterocycles. The van der Waals surface area contributed by atoms with Crippen LogP contribution in [0.5, 0.6) is 0 Å². The molecule has 1 aromatic carbocycles. The van der Waals surface area contributed by atoms with E-state index in [0.29, 0.717) is 12.8 Å². The molecule has 1 heterocycles. The molecule has 1 atom stereocenters. The van der Waals surface area contributed by atoms with E-state index in [0.717, 1.165) is 38.1 Å². The molecule has 140 valence electrons. The Morgan fingerprint density at radius 2 is 1.96 bits per heavy atom. The lowest BCUT2D eigenvalue weighted by Crippen LogP contribution is -2.43. The van der Waals surface area contributed by atoms with Crippen molar-refractivity contribution in [1.29, 1.82) is 0 Å². The predicted octanol–water partition coefficient (Wildman–Crippen LogP) is 1.28. The highest BCUT2D eigenvalue weighted by molar-refractivity contribution is 7.99. The van der Waals surface area contributed by atoms with Crippen molar-refractivity contribution < 1.29 is 13.2 Å². The van der Waals surface area contributed by atoms with Crippen LogP contribution in [0.3, 0.4) is 0 Å². The summed E-state index contributed by atoms with van der Waals surface area (Å²) in [5.41, 5.74) is 6.21. The van der Waals surface area contributed by atoms with E-state index in [1.54, 1.807) is 11.8 Å². The lowest BCUT2D eigenvalue weighted by atomic mass is 9.96. The second-order valence-corrected chi connectivity index (χ2v) is 9.37. The molecule has 25 heavy (non-hydrogen) atoms. The third-order valence-electron chi connectivity index (χ3n) is 4.27. The fourth-order valence-corrected chi connectivity index (χ4v) is 4.29. The summed E-state index contributed by atoms with van der Waals surface area (Å²) in [4.78, 5) is 15.4. The van der Waals surface area contributed by atoms with Crippen molar-refractivity contribution in [2.24, 2.45) is 11.7 Å². The summed E-state index contributed by atoms with van der Waals surface area (Å²) in [7, 11) is -3.47. The van der Waals surface area contributed by atoms with E-state index >= 15 is 0 Å². The number of rotatable bonds is 8. The quantitative estimate of drug-likeness (QED) is 0.655. The van der Waals surface area contributed by atoms with Crippen LogP contribution in [0.4, 0.5) is 0 Å². The highest BCUT2D eigenvalue weighted by atomic mass is 32.2. The molecule has 2 rings (SSSR count). The van der Waals surface area contributed by atoms with Crippen molar-refractivity contribution in [2.45, 2.75) is 30.2 Å². The standard InChI is InChI=1S/C17H27N3O3S2/c1-25(22,23)19-17(21)14-7-10-20(11-8-14)12-9-15(18)13-24-16-5-3-2-4-6-16/h2-6,14-15H,7-13,18H2,1H3,(H,19,21)/t15-/m1/s1. The normalized spacial score (nSPS) is 18.0. The van der Waals surface area contributed by atoms with Crippen molar-refractivity contribution >= 4 is 27.7 Å². The molecule has 6 nitrogen and oxygen atoms in total. The largest absolute Gasteiger partial charge is 0.327 e. The Hall–Kier alpha value is -1.09. The molecule has 0 aliphatic carbocycles. The van der Waals surface area contributed by atoms with Gasteiger partial charge < -0.3 is 10.6 Å². The fourth-order valence-electron chi connectivity index (χ4n) is 2.84. The third kappa shape index (κ3) is 7.77. The molecule has 8 heteroatoms. The maximum Gasteiger partial charge on any atom is 0.236 e. The Labute approximate surface area is 154 Å². The van der Waals surface area contributed by atoms with Crippen LogP contribution in [-0.2, 0) is 14.8 Å². The van der Waals surface area contributed by atoms with Gasteiger partial charge in [0.2, 0.25) is 15.9 Å². The number of nitrogens with zero attached hydrogens (tertiary/aromatic N) is 1. The van der Waals surface area contributed by atoms with E-state index in [9.17, 15) is 13.2 Å². The van der Waals surface area contributed by atoms with E-state index in [4.69, 9.17) is 5.73 Å². The van der Waals surface area contributed by atoms with Gasteiger partial charge in [-0.1, -0.05) is 18.2 Å². The van der Waals surface area contributed by atoms with E-state index < -0.39 is 10.0 Å². The van der Waals surface area contributed by atoms with Crippen LogP contribution in [-0.4, -0.2) is 56.9 Å². The first-order valence-corrected chi connectivity index (χ1v) is 11.4. The topological polar surface area (TPSA) is 92.5 Å². The molecule has 1 aliphatic rings. The first kappa shape index (κ1) is 20.2. The first-order valence-electron chi connectivity index (χ1n) is 8.51. The Morgan fingerprint density at radius 1 is 1.32 bits per heavy atom. The van der Waals surface area contributed by atoms with Gasteiger partial charge in [-0.15, -0.1) is 11.8 Å². The zero-order chi connectivity index (χ0) is 18.3. The number of carbonyl (C=O) groups is 1. The number of hydrogen-bond acceptors (Lipinski definition) is 6. The highest BCUT2D eigenvalue weighted by Gasteiger charge is 2.26.